The molecular formula is C36H46Br2O3S. The molecule has 0 aliphatic rings. The van der Waals surface area contributed by atoms with E-state index in [4.69, 9.17) is 9.47 Å². The summed E-state index contributed by atoms with van der Waals surface area (Å²) < 4.78 is 14.0. The van der Waals surface area contributed by atoms with Gasteiger partial charge in [-0.2, -0.15) is 0 Å². The first-order chi connectivity index (χ1) is 20.5. The molecule has 3 aromatic rings. The highest BCUT2D eigenvalue weighted by Crippen LogP contribution is 2.33. The molecule has 3 rings (SSSR count). The van der Waals surface area contributed by atoms with E-state index in [0.29, 0.717) is 13.0 Å². The number of hydrogen-bond donors (Lipinski definition) is 0. The summed E-state index contributed by atoms with van der Waals surface area (Å²) in [5, 5.41) is 0. The van der Waals surface area contributed by atoms with Gasteiger partial charge in [-0.3, -0.25) is 4.79 Å². The summed E-state index contributed by atoms with van der Waals surface area (Å²) in [6.45, 7) is 3.67. The second-order valence-corrected chi connectivity index (χ2v) is 14.6. The van der Waals surface area contributed by atoms with Gasteiger partial charge in [0.05, 0.1) is 20.8 Å². The number of carbonyl (C=O) groups is 1. The SMILES string of the molecule is CCCCCCCCCCCC(=O)c1ccc(OCCCCCCOc2ccc(/C=C/c3cc(Br)sc3Br)cc2)cc1. The smallest absolute Gasteiger partial charge is 0.162 e. The summed E-state index contributed by atoms with van der Waals surface area (Å²) in [5.74, 6) is 1.99. The van der Waals surface area contributed by atoms with Crippen LogP contribution in [0.25, 0.3) is 12.2 Å². The van der Waals surface area contributed by atoms with Gasteiger partial charge in [-0.05, 0) is 112 Å². The third-order valence-corrected chi connectivity index (χ3v) is 9.66. The number of benzene rings is 2. The molecule has 3 nitrogen and oxygen atoms in total. The van der Waals surface area contributed by atoms with Crippen molar-refractivity contribution in [3.8, 4) is 11.5 Å². The molecule has 42 heavy (non-hydrogen) atoms. The topological polar surface area (TPSA) is 35.5 Å². The van der Waals surface area contributed by atoms with Crippen LogP contribution in [0, 0.1) is 0 Å². The zero-order valence-corrected chi connectivity index (χ0v) is 29.0. The Hall–Kier alpha value is -1.89. The van der Waals surface area contributed by atoms with Gasteiger partial charge in [-0.25, -0.2) is 0 Å². The fourth-order valence-electron chi connectivity index (χ4n) is 4.74. The van der Waals surface area contributed by atoms with Crippen LogP contribution in [0.15, 0.2) is 62.2 Å². The maximum Gasteiger partial charge on any atom is 0.162 e. The van der Waals surface area contributed by atoms with Crippen molar-refractivity contribution in [2.75, 3.05) is 13.2 Å². The normalized spacial score (nSPS) is 11.3. The van der Waals surface area contributed by atoms with Crippen LogP contribution in [-0.2, 0) is 0 Å². The molecule has 1 heterocycles. The molecule has 0 saturated heterocycles. The maximum atomic E-state index is 12.5. The van der Waals surface area contributed by atoms with Crippen molar-refractivity contribution in [2.45, 2.75) is 96.8 Å². The molecule has 0 radical (unpaired) electrons. The molecule has 1 aromatic heterocycles. The summed E-state index contributed by atoms with van der Waals surface area (Å²) in [4.78, 5) is 12.5. The van der Waals surface area contributed by atoms with Crippen LogP contribution >= 0.6 is 43.2 Å². The first kappa shape index (κ1) is 34.6. The molecular weight excluding hydrogens is 672 g/mol. The van der Waals surface area contributed by atoms with Gasteiger partial charge in [0.2, 0.25) is 0 Å². The van der Waals surface area contributed by atoms with E-state index in [1.54, 1.807) is 11.3 Å². The van der Waals surface area contributed by atoms with Crippen molar-refractivity contribution in [2.24, 2.45) is 0 Å². The summed E-state index contributed by atoms with van der Waals surface area (Å²) in [6.07, 6.45) is 20.6. The van der Waals surface area contributed by atoms with Crippen LogP contribution in [0.4, 0.5) is 0 Å². The Morgan fingerprint density at radius 2 is 1.21 bits per heavy atom. The number of hydrogen-bond acceptors (Lipinski definition) is 4. The number of ketones is 1. The van der Waals surface area contributed by atoms with Gasteiger partial charge in [0.1, 0.15) is 11.5 Å². The van der Waals surface area contributed by atoms with Gasteiger partial charge in [0.15, 0.2) is 5.78 Å². The molecule has 0 aliphatic heterocycles. The zero-order chi connectivity index (χ0) is 29.8. The minimum absolute atomic E-state index is 0.246. The van der Waals surface area contributed by atoms with Gasteiger partial charge in [0, 0.05) is 17.5 Å². The van der Waals surface area contributed by atoms with Gasteiger partial charge in [-0.15, -0.1) is 11.3 Å². The molecule has 0 N–H and O–H groups in total. The fraction of sp³-hybridized carbons (Fsp3) is 0.472. The summed E-state index contributed by atoms with van der Waals surface area (Å²) >= 11 is 8.78. The average Bonchev–Trinajstić information content (AvgIpc) is 3.33. The second-order valence-electron chi connectivity index (χ2n) is 10.8. The molecule has 2 aromatic carbocycles. The lowest BCUT2D eigenvalue weighted by molar-refractivity contribution is 0.0979. The van der Waals surface area contributed by atoms with E-state index < -0.39 is 0 Å². The van der Waals surface area contributed by atoms with Crippen LogP contribution in [0.5, 0.6) is 11.5 Å². The van der Waals surface area contributed by atoms with E-state index in [1.165, 1.54) is 50.5 Å². The highest BCUT2D eigenvalue weighted by atomic mass is 79.9. The standard InChI is InChI=1S/C36H46Br2O3S/c1-2-3-4-5-6-7-8-9-12-15-34(39)30-20-24-33(25-21-30)41-27-14-11-10-13-26-40-32-22-17-29(18-23-32)16-19-31-28-35(37)42-36(31)38/h16-25,28H,2-15,26-27H2,1H3/b19-16+. The Labute approximate surface area is 274 Å². The quantitative estimate of drug-likeness (QED) is 0.0766. The molecule has 228 valence electrons. The van der Waals surface area contributed by atoms with Gasteiger partial charge >= 0.3 is 0 Å². The first-order valence-electron chi connectivity index (χ1n) is 15.7. The first-order valence-corrected chi connectivity index (χ1v) is 18.1. The third kappa shape index (κ3) is 14.1. The Balaban J connectivity index is 1.18. The van der Waals surface area contributed by atoms with E-state index >= 15 is 0 Å². The third-order valence-electron chi connectivity index (χ3n) is 7.28. The molecule has 0 atom stereocenters. The summed E-state index contributed by atoms with van der Waals surface area (Å²) in [5.41, 5.74) is 3.11. The van der Waals surface area contributed by atoms with E-state index in [1.807, 2.05) is 36.4 Å². The minimum atomic E-state index is 0.246. The lowest BCUT2D eigenvalue weighted by Crippen LogP contribution is -2.01. The molecule has 0 spiro atoms. The Morgan fingerprint density at radius 1 is 0.690 bits per heavy atom. The van der Waals surface area contributed by atoms with E-state index in [-0.39, 0.29) is 5.78 Å². The van der Waals surface area contributed by atoms with Crippen molar-refractivity contribution < 1.29 is 14.3 Å². The molecule has 0 bridgehead atoms. The monoisotopic (exact) mass is 716 g/mol. The van der Waals surface area contributed by atoms with Gasteiger partial charge < -0.3 is 9.47 Å². The predicted molar refractivity (Wildman–Crippen MR) is 187 cm³/mol. The van der Waals surface area contributed by atoms with Crippen molar-refractivity contribution in [3.63, 3.8) is 0 Å². The Morgan fingerprint density at radius 3 is 1.76 bits per heavy atom. The lowest BCUT2D eigenvalue weighted by atomic mass is 10.0. The lowest BCUT2D eigenvalue weighted by Gasteiger charge is -2.08. The molecule has 0 aliphatic carbocycles. The predicted octanol–water partition coefficient (Wildman–Crippen LogP) is 12.6. The van der Waals surface area contributed by atoms with Crippen molar-refractivity contribution in [1.82, 2.24) is 0 Å². The van der Waals surface area contributed by atoms with Gasteiger partial charge in [0.25, 0.3) is 0 Å². The number of ether oxygens (including phenoxy) is 2. The van der Waals surface area contributed by atoms with E-state index in [0.717, 1.165) is 75.3 Å². The average molecular weight is 719 g/mol. The number of thiophene rings is 1. The second kappa shape index (κ2) is 20.9. The fourth-order valence-corrected chi connectivity index (χ4v) is 7.50. The Bertz CT molecular complexity index is 1190. The minimum Gasteiger partial charge on any atom is -0.494 e. The van der Waals surface area contributed by atoms with Crippen molar-refractivity contribution in [1.29, 1.82) is 0 Å². The highest BCUT2D eigenvalue weighted by Gasteiger charge is 2.06. The van der Waals surface area contributed by atoms with Crippen LogP contribution in [0.2, 0.25) is 0 Å². The zero-order valence-electron chi connectivity index (χ0n) is 25.1. The van der Waals surface area contributed by atoms with E-state index in [9.17, 15) is 4.79 Å². The number of carbonyl (C=O) groups excluding carboxylic acids is 1. The van der Waals surface area contributed by atoms with Crippen LogP contribution in [0.3, 0.4) is 0 Å². The highest BCUT2D eigenvalue weighted by molar-refractivity contribution is 9.12. The molecule has 6 heteroatoms. The number of rotatable bonds is 22. The summed E-state index contributed by atoms with van der Waals surface area (Å²) in [6, 6.07) is 18.0. The van der Waals surface area contributed by atoms with Crippen molar-refractivity contribution in [3.05, 3.63) is 78.9 Å². The van der Waals surface area contributed by atoms with E-state index in [2.05, 4.69) is 69.1 Å². The molecule has 0 saturated carbocycles. The van der Waals surface area contributed by atoms with Crippen molar-refractivity contribution >= 4 is 61.1 Å². The van der Waals surface area contributed by atoms with Crippen LogP contribution in [0.1, 0.15) is 118 Å². The Kier molecular flexibility index (Phi) is 17.2. The number of Topliss-reactive ketones (excluding diaryl/α,β-unsaturated/α-hetero) is 1. The van der Waals surface area contributed by atoms with Gasteiger partial charge in [-0.1, -0.05) is 82.6 Å². The number of unbranched alkanes of at least 4 members (excludes halogenated alkanes) is 11. The maximum absolute atomic E-state index is 12.5. The molecule has 0 amide bonds. The molecule has 0 fully saturated rings. The number of halogens is 2. The van der Waals surface area contributed by atoms with Crippen LogP contribution < -0.4 is 9.47 Å². The summed E-state index contributed by atoms with van der Waals surface area (Å²) in [7, 11) is 0. The molecule has 0 unspecified atom stereocenters. The largest absolute Gasteiger partial charge is 0.494 e. The van der Waals surface area contributed by atoms with Crippen LogP contribution in [-0.4, -0.2) is 19.0 Å².